The van der Waals surface area contributed by atoms with Crippen LogP contribution in [0.25, 0.3) is 0 Å². The molecule has 1 aromatic carbocycles. The lowest BCUT2D eigenvalue weighted by Gasteiger charge is -2.21. The molecule has 2 saturated carbocycles. The van der Waals surface area contributed by atoms with Crippen molar-refractivity contribution < 1.29 is 19.3 Å². The number of anilines is 1. The van der Waals surface area contributed by atoms with Crippen LogP contribution < -0.4 is 26.5 Å². The lowest BCUT2D eigenvalue weighted by Crippen LogP contribution is -2.71. The van der Waals surface area contributed by atoms with Gasteiger partial charge in [-0.1, -0.05) is 6.92 Å². The van der Waals surface area contributed by atoms with Crippen molar-refractivity contribution >= 4 is 34.6 Å². The number of rotatable bonds is 8. The fourth-order valence-corrected chi connectivity index (χ4v) is 5.08. The number of aryl methyl sites for hydroxylation is 1. The minimum Gasteiger partial charge on any atom is -0.488 e. The highest BCUT2D eigenvalue weighted by Crippen LogP contribution is 2.69. The van der Waals surface area contributed by atoms with Crippen LogP contribution in [0.4, 0.5) is 5.69 Å². The molecule has 0 radical (unpaired) electrons. The minimum absolute atomic E-state index is 0.113. The summed E-state index contributed by atoms with van der Waals surface area (Å²) in [4.78, 5) is 33.4. The molecule has 2 atom stereocenters. The van der Waals surface area contributed by atoms with Crippen LogP contribution >= 0.6 is 11.3 Å². The minimum atomic E-state index is -0.648. The molecule has 2 fully saturated rings. The van der Waals surface area contributed by atoms with Gasteiger partial charge in [-0.25, -0.2) is 9.98 Å². The molecular formula is C22H28N5O3S+. The lowest BCUT2D eigenvalue weighted by molar-refractivity contribution is -0.418. The largest absolute Gasteiger partial charge is 0.488 e. The van der Waals surface area contributed by atoms with E-state index in [4.69, 9.17) is 16.2 Å². The Morgan fingerprint density at radius 3 is 2.71 bits per heavy atom. The third kappa shape index (κ3) is 3.78. The van der Waals surface area contributed by atoms with Crippen molar-refractivity contribution in [3.63, 3.8) is 0 Å². The molecule has 8 nitrogen and oxygen atoms in total. The number of amides is 2. The third-order valence-electron chi connectivity index (χ3n) is 6.60. The average molecular weight is 443 g/mol. The lowest BCUT2D eigenvalue weighted by atomic mass is 9.85. The number of nitrogens with one attached hydrogen (secondary N) is 2. The maximum atomic E-state index is 13.1. The van der Waals surface area contributed by atoms with Gasteiger partial charge in [0.15, 0.2) is 0 Å². The van der Waals surface area contributed by atoms with Crippen LogP contribution in [0.1, 0.15) is 41.6 Å². The number of thiazole rings is 1. The number of hydrogen-bond acceptors (Lipinski definition) is 6. The van der Waals surface area contributed by atoms with Crippen LogP contribution in [0, 0.1) is 17.8 Å². The maximum Gasteiger partial charge on any atom is 0.316 e. The average Bonchev–Trinajstić information content (AvgIpc) is 3.60. The number of hydrogen-bond donors (Lipinski definition) is 4. The van der Waals surface area contributed by atoms with E-state index in [0.717, 1.165) is 22.7 Å². The van der Waals surface area contributed by atoms with Crippen molar-refractivity contribution in [3.05, 3.63) is 39.8 Å². The molecule has 2 aliphatic carbocycles. The molecule has 0 saturated heterocycles. The Morgan fingerprint density at radius 2 is 2.13 bits per heavy atom. The predicted octanol–water partition coefficient (Wildman–Crippen LogP) is 0.273. The van der Waals surface area contributed by atoms with Crippen molar-refractivity contribution in [2.24, 2.45) is 16.6 Å². The van der Waals surface area contributed by atoms with Crippen LogP contribution in [0.2, 0.25) is 0 Å². The summed E-state index contributed by atoms with van der Waals surface area (Å²) < 4.78 is 5.87. The van der Waals surface area contributed by atoms with E-state index in [1.165, 1.54) is 0 Å². The van der Waals surface area contributed by atoms with E-state index in [1.54, 1.807) is 42.8 Å². The van der Waals surface area contributed by atoms with E-state index in [-0.39, 0.29) is 23.3 Å². The molecule has 1 heterocycles. The van der Waals surface area contributed by atoms with Crippen LogP contribution in [0.3, 0.4) is 0 Å². The van der Waals surface area contributed by atoms with Crippen molar-refractivity contribution in [1.82, 2.24) is 10.3 Å². The molecule has 9 heteroatoms. The first kappa shape index (κ1) is 21.3. The Bertz CT molecular complexity index is 1070. The molecule has 31 heavy (non-hydrogen) atoms. The fraction of sp³-hybridized carbons (Fsp3) is 0.455. The summed E-state index contributed by atoms with van der Waals surface area (Å²) in [7, 11) is 1.67. The second-order valence-corrected chi connectivity index (χ2v) is 9.95. The van der Waals surface area contributed by atoms with Crippen LogP contribution in [0.15, 0.2) is 24.4 Å². The predicted molar refractivity (Wildman–Crippen MR) is 119 cm³/mol. The van der Waals surface area contributed by atoms with E-state index < -0.39 is 5.41 Å². The van der Waals surface area contributed by atoms with Gasteiger partial charge in [-0.15, -0.1) is 11.3 Å². The molecular weight excluding hydrogens is 414 g/mol. The molecule has 4 rings (SSSR count). The van der Waals surface area contributed by atoms with E-state index in [0.29, 0.717) is 35.7 Å². The third-order valence-corrected chi connectivity index (χ3v) is 7.49. The number of aromatic nitrogens is 1. The molecule has 0 bridgehead atoms. The van der Waals surface area contributed by atoms with Gasteiger partial charge in [0.05, 0.1) is 20.9 Å². The zero-order chi connectivity index (χ0) is 22.4. The van der Waals surface area contributed by atoms with Gasteiger partial charge in [0, 0.05) is 17.9 Å². The van der Waals surface area contributed by atoms with Gasteiger partial charge in [-0.2, -0.15) is 0 Å². The summed E-state index contributed by atoms with van der Waals surface area (Å²) in [5.41, 5.74) is 12.4. The molecule has 0 aliphatic heterocycles. The van der Waals surface area contributed by atoms with Gasteiger partial charge >= 0.3 is 5.91 Å². The van der Waals surface area contributed by atoms with Crippen molar-refractivity contribution in [2.45, 2.75) is 45.8 Å². The summed E-state index contributed by atoms with van der Waals surface area (Å²) in [6, 6.07) is 4.96. The van der Waals surface area contributed by atoms with E-state index >= 15 is 0 Å². The highest BCUT2D eigenvalue weighted by Gasteiger charge is 2.73. The number of nitrogens with zero attached hydrogens (tertiary/aromatic N) is 1. The van der Waals surface area contributed by atoms with Gasteiger partial charge in [-0.3, -0.25) is 9.59 Å². The second kappa shape index (κ2) is 7.64. The van der Waals surface area contributed by atoms with Crippen LogP contribution in [-0.2, 0) is 16.2 Å². The first-order valence-electron chi connectivity index (χ1n) is 10.3. The quantitative estimate of drug-likeness (QED) is 0.344. The number of ether oxygens (including phenoxy) is 1. The number of primary amides is 1. The number of carbonyl (C=O) groups excluding carboxylic acids is 2. The van der Waals surface area contributed by atoms with E-state index in [2.05, 4.69) is 22.2 Å². The Balaban J connectivity index is 1.48. The highest BCUT2D eigenvalue weighted by molar-refractivity contribution is 7.11. The van der Waals surface area contributed by atoms with Crippen molar-refractivity contribution in [3.8, 4) is 5.75 Å². The Labute approximate surface area is 185 Å². The highest BCUT2D eigenvalue weighted by atomic mass is 32.1. The fourth-order valence-electron chi connectivity index (χ4n) is 4.38. The number of nitrogen functional groups attached to an aromatic ring is 1. The SMILES string of the molecule is C[NH+]=C(C(=O)NC1CC1(C(N)=O)C1(C)CC1)c1cc(OCc2cnc(C)s2)ccc1N. The topological polar surface area (TPSA) is 134 Å². The first-order valence-corrected chi connectivity index (χ1v) is 11.1. The first-order chi connectivity index (χ1) is 14.7. The van der Waals surface area contributed by atoms with Crippen LogP contribution in [0.5, 0.6) is 5.75 Å². The zero-order valence-corrected chi connectivity index (χ0v) is 18.8. The monoisotopic (exact) mass is 442 g/mol. The Hall–Kier alpha value is -2.94. The zero-order valence-electron chi connectivity index (χ0n) is 18.0. The number of carbonyl (C=O) groups is 2. The molecule has 2 aliphatic rings. The normalized spacial score (nSPS) is 23.8. The summed E-state index contributed by atoms with van der Waals surface area (Å²) in [6.07, 6.45) is 4.28. The second-order valence-electron chi connectivity index (χ2n) is 8.63. The van der Waals surface area contributed by atoms with Crippen molar-refractivity contribution in [2.75, 3.05) is 12.8 Å². The molecule has 6 N–H and O–H groups in total. The summed E-state index contributed by atoms with van der Waals surface area (Å²) in [5, 5.41) is 3.97. The molecule has 2 amide bonds. The van der Waals surface area contributed by atoms with Crippen LogP contribution in [-0.4, -0.2) is 35.6 Å². The van der Waals surface area contributed by atoms with Gasteiger partial charge in [0.1, 0.15) is 19.4 Å². The van der Waals surface area contributed by atoms with E-state index in [9.17, 15) is 9.59 Å². The van der Waals surface area contributed by atoms with Gasteiger partial charge < -0.3 is 21.5 Å². The molecule has 164 valence electrons. The molecule has 1 aromatic heterocycles. The molecule has 2 unspecified atom stereocenters. The van der Waals surface area contributed by atoms with Crippen molar-refractivity contribution in [1.29, 1.82) is 0 Å². The number of benzene rings is 1. The van der Waals surface area contributed by atoms with Gasteiger partial charge in [0.2, 0.25) is 5.91 Å². The van der Waals surface area contributed by atoms with Gasteiger partial charge in [-0.05, 0) is 49.8 Å². The summed E-state index contributed by atoms with van der Waals surface area (Å²) in [6.45, 7) is 4.40. The Kier molecular flexibility index (Phi) is 5.25. The standard InChI is InChI=1S/C22H27N5O3S/c1-12-26-10-14(31-12)11-30-13-4-5-16(23)15(8-13)18(25-3)19(28)27-17-9-22(17,20(24)29)21(2)6-7-21/h4-5,8,10,17H,6-7,9,11,23H2,1-3H3,(H2,24,29)(H,27,28)/p+1. The summed E-state index contributed by atoms with van der Waals surface area (Å²) >= 11 is 1.57. The van der Waals surface area contributed by atoms with E-state index in [1.807, 2.05) is 6.92 Å². The smallest absolute Gasteiger partial charge is 0.316 e. The maximum absolute atomic E-state index is 13.1. The van der Waals surface area contributed by atoms with Gasteiger partial charge in [0.25, 0.3) is 5.71 Å². The molecule has 0 spiro atoms. The Morgan fingerprint density at radius 1 is 1.39 bits per heavy atom. The molecule has 2 aromatic rings. The summed E-state index contributed by atoms with van der Waals surface area (Å²) in [5.74, 6) is -0.0574. The number of nitrogens with two attached hydrogens (primary N) is 2.